The first-order chi connectivity index (χ1) is 9.60. The Morgan fingerprint density at radius 2 is 1.27 bits per heavy atom. The van der Waals surface area contributed by atoms with Crippen LogP contribution in [0, 0.1) is 0 Å². The van der Waals surface area contributed by atoms with Crippen LogP contribution in [-0.2, 0) is 18.4 Å². The molecule has 0 aromatic heterocycles. The third-order valence-electron chi connectivity index (χ3n) is 1.71. The van der Waals surface area contributed by atoms with E-state index in [1.54, 1.807) is 0 Å². The van der Waals surface area contributed by atoms with Crippen molar-refractivity contribution in [3.63, 3.8) is 0 Å². The number of carbonyl (C=O) groups is 1. The third-order valence-corrected chi connectivity index (χ3v) is 2.12. The lowest BCUT2D eigenvalue weighted by Crippen LogP contribution is -2.48. The van der Waals surface area contributed by atoms with Crippen molar-refractivity contribution < 1.29 is 68.4 Å². The van der Waals surface area contributed by atoms with E-state index in [9.17, 15) is 9.36 Å². The van der Waals surface area contributed by atoms with Gasteiger partial charge in [0.25, 0.3) is 0 Å². The zero-order valence-electron chi connectivity index (χ0n) is 10.5. The first-order valence-electron chi connectivity index (χ1n) is 5.00. The smallest absolute Gasteiger partial charge is 0.394 e. The SMILES string of the molecule is O=C(OP(=O)(O)O)[C@H](O)[C@@H](O)[C@H](O)[C@H](O)CO.O=P(O)(O)O. The fourth-order valence-electron chi connectivity index (χ4n) is 0.833. The van der Waals surface area contributed by atoms with Gasteiger partial charge >= 0.3 is 21.6 Å². The van der Waals surface area contributed by atoms with Gasteiger partial charge in [-0.05, 0) is 0 Å². The molecule has 134 valence electrons. The summed E-state index contributed by atoms with van der Waals surface area (Å²) in [6, 6.07) is 0. The average molecular weight is 374 g/mol. The zero-order valence-corrected chi connectivity index (χ0v) is 12.3. The number of phosphoric acid groups is 2. The van der Waals surface area contributed by atoms with Crippen LogP contribution in [0.3, 0.4) is 0 Å². The molecule has 0 spiro atoms. The second-order valence-corrected chi connectivity index (χ2v) is 5.78. The van der Waals surface area contributed by atoms with Gasteiger partial charge in [-0.3, -0.25) is 9.79 Å². The molecule has 14 nitrogen and oxygen atoms in total. The van der Waals surface area contributed by atoms with Crippen LogP contribution in [0.15, 0.2) is 0 Å². The molecule has 0 fully saturated rings. The molecule has 0 heterocycles. The number of hydrogen-bond acceptors (Lipinski definition) is 9. The van der Waals surface area contributed by atoms with Gasteiger partial charge in [-0.1, -0.05) is 0 Å². The molecule has 10 N–H and O–H groups in total. The van der Waals surface area contributed by atoms with E-state index in [4.69, 9.17) is 54.6 Å². The normalized spacial score (nSPS) is 17.5. The van der Waals surface area contributed by atoms with E-state index in [1.807, 2.05) is 0 Å². The highest BCUT2D eigenvalue weighted by Gasteiger charge is 2.37. The lowest BCUT2D eigenvalue weighted by atomic mass is 10.0. The summed E-state index contributed by atoms with van der Waals surface area (Å²) in [5, 5.41) is 44.6. The largest absolute Gasteiger partial charge is 0.527 e. The van der Waals surface area contributed by atoms with Gasteiger partial charge in [-0.25, -0.2) is 13.9 Å². The molecule has 0 radical (unpaired) electrons. The van der Waals surface area contributed by atoms with E-state index in [1.165, 1.54) is 0 Å². The molecule has 0 aliphatic rings. The Kier molecular flexibility index (Phi) is 10.4. The molecule has 0 unspecified atom stereocenters. The fraction of sp³-hybridized carbons (Fsp3) is 0.833. The molecular formula is C6H16O14P2. The quantitative estimate of drug-likeness (QED) is 0.195. The Labute approximate surface area is 122 Å². The fourth-order valence-corrected chi connectivity index (χ4v) is 1.18. The summed E-state index contributed by atoms with van der Waals surface area (Å²) < 4.78 is 22.6. The Morgan fingerprint density at radius 3 is 1.55 bits per heavy atom. The molecular weight excluding hydrogens is 358 g/mol. The Hall–Kier alpha value is -0.470. The van der Waals surface area contributed by atoms with Crippen molar-refractivity contribution >= 4 is 21.6 Å². The minimum atomic E-state index is -5.19. The minimum absolute atomic E-state index is 0.960. The monoisotopic (exact) mass is 374 g/mol. The third kappa shape index (κ3) is 13.2. The zero-order chi connectivity index (χ0) is 18.3. The molecule has 0 rings (SSSR count). The second kappa shape index (κ2) is 9.62. The summed E-state index contributed by atoms with van der Waals surface area (Å²) in [4.78, 5) is 48.9. The van der Waals surface area contributed by atoms with Crippen LogP contribution in [0.4, 0.5) is 0 Å². The topological polar surface area (TPSA) is 263 Å². The van der Waals surface area contributed by atoms with E-state index < -0.39 is 52.6 Å². The maximum absolute atomic E-state index is 10.8. The van der Waals surface area contributed by atoms with Crippen LogP contribution in [0.25, 0.3) is 0 Å². The maximum atomic E-state index is 10.8. The van der Waals surface area contributed by atoms with E-state index in [0.29, 0.717) is 0 Å². The Bertz CT molecular complexity index is 417. The molecule has 22 heavy (non-hydrogen) atoms. The summed E-state index contributed by atoms with van der Waals surface area (Å²) in [5.41, 5.74) is 0. The Morgan fingerprint density at radius 1 is 0.909 bits per heavy atom. The van der Waals surface area contributed by atoms with Gasteiger partial charge in [-0.15, -0.1) is 0 Å². The lowest BCUT2D eigenvalue weighted by molar-refractivity contribution is -0.162. The van der Waals surface area contributed by atoms with Gasteiger partial charge in [0, 0.05) is 0 Å². The predicted octanol–water partition coefficient (Wildman–Crippen LogP) is -4.87. The highest BCUT2D eigenvalue weighted by Crippen LogP contribution is 2.36. The van der Waals surface area contributed by atoms with Crippen LogP contribution < -0.4 is 0 Å². The number of rotatable bonds is 6. The van der Waals surface area contributed by atoms with Crippen molar-refractivity contribution in [2.75, 3.05) is 6.61 Å². The first kappa shape index (κ1) is 23.8. The minimum Gasteiger partial charge on any atom is -0.394 e. The maximum Gasteiger partial charge on any atom is 0.527 e. The van der Waals surface area contributed by atoms with Gasteiger partial charge < -0.3 is 44.7 Å². The van der Waals surface area contributed by atoms with Crippen LogP contribution in [0.1, 0.15) is 0 Å². The number of phosphoric ester groups is 1. The van der Waals surface area contributed by atoms with Gasteiger partial charge in [-0.2, -0.15) is 0 Å². The number of aliphatic hydroxyl groups excluding tert-OH is 5. The van der Waals surface area contributed by atoms with Gasteiger partial charge in [0.15, 0.2) is 6.10 Å². The number of aliphatic hydroxyl groups is 5. The highest BCUT2D eigenvalue weighted by molar-refractivity contribution is 7.46. The molecule has 0 saturated carbocycles. The van der Waals surface area contributed by atoms with Crippen molar-refractivity contribution in [2.24, 2.45) is 0 Å². The average Bonchev–Trinajstić information content (AvgIpc) is 2.30. The molecule has 0 aromatic rings. The van der Waals surface area contributed by atoms with Crippen molar-refractivity contribution in [3.05, 3.63) is 0 Å². The van der Waals surface area contributed by atoms with E-state index >= 15 is 0 Å². The summed E-state index contributed by atoms with van der Waals surface area (Å²) >= 11 is 0. The number of carbonyl (C=O) groups excluding carboxylic acids is 1. The molecule has 16 heteroatoms. The number of hydrogen-bond donors (Lipinski definition) is 10. The molecule has 0 amide bonds. The van der Waals surface area contributed by atoms with Crippen molar-refractivity contribution in [2.45, 2.75) is 24.4 Å². The van der Waals surface area contributed by atoms with E-state index in [0.717, 1.165) is 0 Å². The standard InChI is InChI=1S/C6H13O10P.H3O4P/c7-1-2(8)3(9)4(10)5(11)6(12)16-17(13,14)15;1-5(2,3)4/h2-5,7-11H,1H2,(H2,13,14,15);(H3,1,2,3,4)/t2-,3-,4+,5-;/m1./s1. The predicted molar refractivity (Wildman–Crippen MR) is 63.5 cm³/mol. The molecule has 0 aromatic carbocycles. The molecule has 4 atom stereocenters. The summed E-state index contributed by atoms with van der Waals surface area (Å²) in [7, 11) is -9.83. The van der Waals surface area contributed by atoms with Crippen molar-refractivity contribution in [3.8, 4) is 0 Å². The summed E-state index contributed by atoms with van der Waals surface area (Å²) in [6.07, 6.45) is -8.71. The summed E-state index contributed by atoms with van der Waals surface area (Å²) in [5.74, 6) is -1.88. The first-order valence-corrected chi connectivity index (χ1v) is 8.10. The van der Waals surface area contributed by atoms with Crippen LogP contribution in [-0.4, -0.2) is 87.0 Å². The van der Waals surface area contributed by atoms with E-state index in [-0.39, 0.29) is 0 Å². The summed E-state index contributed by atoms with van der Waals surface area (Å²) in [6.45, 7) is -0.960. The molecule has 0 aliphatic heterocycles. The van der Waals surface area contributed by atoms with E-state index in [2.05, 4.69) is 4.52 Å². The lowest BCUT2D eigenvalue weighted by Gasteiger charge is -2.24. The van der Waals surface area contributed by atoms with Gasteiger partial charge in [0.05, 0.1) is 6.61 Å². The van der Waals surface area contributed by atoms with Crippen molar-refractivity contribution in [1.82, 2.24) is 0 Å². The molecule has 0 saturated heterocycles. The Balaban J connectivity index is 0. The molecule has 0 bridgehead atoms. The van der Waals surface area contributed by atoms with Crippen molar-refractivity contribution in [1.29, 1.82) is 0 Å². The van der Waals surface area contributed by atoms with Crippen LogP contribution in [0.2, 0.25) is 0 Å². The highest BCUT2D eigenvalue weighted by atomic mass is 31.2. The van der Waals surface area contributed by atoms with Crippen LogP contribution >= 0.6 is 15.6 Å². The van der Waals surface area contributed by atoms with Gasteiger partial charge in [0.2, 0.25) is 0 Å². The molecule has 0 aliphatic carbocycles. The van der Waals surface area contributed by atoms with Crippen LogP contribution in [0.5, 0.6) is 0 Å². The second-order valence-electron chi connectivity index (χ2n) is 3.59. The van der Waals surface area contributed by atoms with Gasteiger partial charge in [0.1, 0.15) is 18.3 Å².